The fourth-order valence-corrected chi connectivity index (χ4v) is 0.431. The van der Waals surface area contributed by atoms with Gasteiger partial charge in [-0.15, -0.1) is 0 Å². The summed E-state index contributed by atoms with van der Waals surface area (Å²) in [5.74, 6) is 0. The molecule has 0 aromatic rings. The molecule has 0 atom stereocenters. The van der Waals surface area contributed by atoms with Gasteiger partial charge in [-0.1, -0.05) is 30.9 Å². The third-order valence-corrected chi connectivity index (χ3v) is 0.941. The fourth-order valence-electron chi connectivity index (χ4n) is 0.431. The number of carbonyl (C=O) groups excluding carboxylic acids is 2. The Morgan fingerprint density at radius 3 is 2.55 bits per heavy atom. The second-order valence-electron chi connectivity index (χ2n) is 1.88. The number of carbonyl (C=O) groups is 2. The molecule has 0 aromatic carbocycles. The van der Waals surface area contributed by atoms with E-state index < -0.39 is 0 Å². The van der Waals surface area contributed by atoms with Crippen LogP contribution in [0.5, 0.6) is 0 Å². The Hall–Kier alpha value is -1.44. The second kappa shape index (κ2) is 6.68. The zero-order valence-corrected chi connectivity index (χ0v) is 6.19. The summed E-state index contributed by atoms with van der Waals surface area (Å²) in [7, 11) is 0. The minimum Gasteiger partial charge on any atom is -0.303 e. The average Bonchev–Trinajstić information content (AvgIpc) is 2.04. The van der Waals surface area contributed by atoms with Crippen LogP contribution in [0.2, 0.25) is 0 Å². The van der Waals surface area contributed by atoms with Gasteiger partial charge in [0, 0.05) is 12.0 Å². The molecule has 0 spiro atoms. The molecule has 0 aliphatic rings. The number of hydrogen-bond acceptors (Lipinski definition) is 2. The molecule has 0 heterocycles. The lowest BCUT2D eigenvalue weighted by Crippen LogP contribution is -1.71. The highest BCUT2D eigenvalue weighted by Crippen LogP contribution is 1.87. The summed E-state index contributed by atoms with van der Waals surface area (Å²) >= 11 is 0. The molecule has 11 heavy (non-hydrogen) atoms. The van der Waals surface area contributed by atoms with Crippen LogP contribution in [0, 0.1) is 0 Å². The van der Waals surface area contributed by atoms with E-state index in [1.807, 2.05) is 0 Å². The highest BCUT2D eigenvalue weighted by atomic mass is 16.1. The molecule has 0 aliphatic carbocycles. The number of allylic oxidation sites excluding steroid dienone is 5. The van der Waals surface area contributed by atoms with E-state index in [2.05, 4.69) is 6.58 Å². The molecule has 0 amide bonds. The van der Waals surface area contributed by atoms with Crippen LogP contribution < -0.4 is 0 Å². The summed E-state index contributed by atoms with van der Waals surface area (Å²) in [6.45, 7) is 3.43. The topological polar surface area (TPSA) is 34.1 Å². The van der Waals surface area contributed by atoms with Crippen molar-refractivity contribution in [2.75, 3.05) is 0 Å². The molecule has 58 valence electrons. The predicted octanol–water partition coefficient (Wildman–Crippen LogP) is 1.44. The molecule has 0 saturated heterocycles. The van der Waals surface area contributed by atoms with Crippen LogP contribution in [-0.4, -0.2) is 12.6 Å². The molecule has 2 heteroatoms. The van der Waals surface area contributed by atoms with Gasteiger partial charge < -0.3 is 4.79 Å². The lowest BCUT2D eigenvalue weighted by molar-refractivity contribution is -0.107. The normalized spacial score (nSPS) is 10.5. The van der Waals surface area contributed by atoms with E-state index in [1.54, 1.807) is 24.3 Å². The number of rotatable bonds is 5. The van der Waals surface area contributed by atoms with Crippen LogP contribution in [0.25, 0.3) is 0 Å². The van der Waals surface area contributed by atoms with Crippen molar-refractivity contribution in [3.8, 4) is 0 Å². The van der Waals surface area contributed by atoms with E-state index >= 15 is 0 Å². The zero-order valence-electron chi connectivity index (χ0n) is 6.19. The van der Waals surface area contributed by atoms with Crippen molar-refractivity contribution in [2.45, 2.75) is 6.42 Å². The molecule has 0 unspecified atom stereocenters. The number of hydrogen-bond donors (Lipinski definition) is 0. The third-order valence-electron chi connectivity index (χ3n) is 0.941. The van der Waals surface area contributed by atoms with Crippen molar-refractivity contribution in [2.24, 2.45) is 0 Å². The Kier molecular flexibility index (Phi) is 5.80. The molecule has 0 N–H and O–H groups in total. The molecule has 0 radical (unpaired) electrons. The summed E-state index contributed by atoms with van der Waals surface area (Å²) in [6.07, 6.45) is 8.51. The summed E-state index contributed by atoms with van der Waals surface area (Å²) in [5, 5.41) is 0. The minimum absolute atomic E-state index is 0.401. The monoisotopic (exact) mass is 150 g/mol. The third kappa shape index (κ3) is 6.45. The van der Waals surface area contributed by atoms with Gasteiger partial charge >= 0.3 is 0 Å². The van der Waals surface area contributed by atoms with E-state index in [9.17, 15) is 9.59 Å². The first-order valence-electron chi connectivity index (χ1n) is 3.22. The quantitative estimate of drug-likeness (QED) is 0.337. The van der Waals surface area contributed by atoms with Gasteiger partial charge in [0.2, 0.25) is 0 Å². The van der Waals surface area contributed by atoms with Gasteiger partial charge in [-0.2, -0.15) is 0 Å². The van der Waals surface area contributed by atoms with Crippen molar-refractivity contribution in [3.63, 3.8) is 0 Å². The van der Waals surface area contributed by atoms with Gasteiger partial charge in [-0.05, 0) is 0 Å². The van der Waals surface area contributed by atoms with Crippen molar-refractivity contribution < 1.29 is 9.59 Å². The van der Waals surface area contributed by atoms with Gasteiger partial charge in [0.05, 0.1) is 0 Å². The minimum atomic E-state index is 0.401. The Morgan fingerprint density at radius 1 is 1.27 bits per heavy atom. The Morgan fingerprint density at radius 2 is 2.00 bits per heavy atom. The molecule has 0 saturated carbocycles. The first kappa shape index (κ1) is 9.56. The van der Waals surface area contributed by atoms with Crippen molar-refractivity contribution in [1.29, 1.82) is 0 Å². The summed E-state index contributed by atoms with van der Waals surface area (Å²) in [4.78, 5) is 19.8. The van der Waals surface area contributed by atoms with E-state index in [1.165, 1.54) is 0 Å². The Bertz CT molecular complexity index is 200. The fraction of sp³-hybridized carbons (Fsp3) is 0.111. The maximum atomic E-state index is 9.99. The first-order valence-corrected chi connectivity index (χ1v) is 3.22. The van der Waals surface area contributed by atoms with Gasteiger partial charge in [-0.25, -0.2) is 0 Å². The largest absolute Gasteiger partial charge is 0.303 e. The van der Waals surface area contributed by atoms with Crippen molar-refractivity contribution in [3.05, 3.63) is 36.5 Å². The standard InChI is InChI=1S/C9H10O2/c1-9(8-11)6-4-2-3-5-7-10/h2-4,6-8H,1,5H2/b3-2-,6-4-. The van der Waals surface area contributed by atoms with Crippen LogP contribution >= 0.6 is 0 Å². The average molecular weight is 150 g/mol. The van der Waals surface area contributed by atoms with E-state index in [4.69, 9.17) is 0 Å². The molecular formula is C9H10O2. The Labute approximate surface area is 65.9 Å². The van der Waals surface area contributed by atoms with Crippen molar-refractivity contribution >= 4 is 12.6 Å². The maximum absolute atomic E-state index is 9.99. The van der Waals surface area contributed by atoms with E-state index in [0.29, 0.717) is 18.3 Å². The summed E-state index contributed by atoms with van der Waals surface area (Å²) < 4.78 is 0. The first-order chi connectivity index (χ1) is 5.31. The van der Waals surface area contributed by atoms with Crippen LogP contribution in [0.1, 0.15) is 6.42 Å². The van der Waals surface area contributed by atoms with Gasteiger partial charge in [0.1, 0.15) is 12.6 Å². The molecule has 0 rings (SSSR count). The van der Waals surface area contributed by atoms with Gasteiger partial charge in [0.15, 0.2) is 0 Å². The van der Waals surface area contributed by atoms with Crippen LogP contribution in [0.15, 0.2) is 36.5 Å². The molecule has 0 bridgehead atoms. The molecule has 2 nitrogen and oxygen atoms in total. The van der Waals surface area contributed by atoms with Crippen molar-refractivity contribution in [1.82, 2.24) is 0 Å². The lowest BCUT2D eigenvalue weighted by Gasteiger charge is -1.79. The van der Waals surface area contributed by atoms with E-state index in [0.717, 1.165) is 6.29 Å². The lowest BCUT2D eigenvalue weighted by atomic mass is 10.3. The van der Waals surface area contributed by atoms with Crippen LogP contribution in [0.3, 0.4) is 0 Å². The van der Waals surface area contributed by atoms with Crippen LogP contribution in [-0.2, 0) is 9.59 Å². The molecule has 0 fully saturated rings. The SMILES string of the molecule is C=C(C=O)/C=C\C=C/CC=O. The smallest absolute Gasteiger partial charge is 0.149 e. The molecular weight excluding hydrogens is 140 g/mol. The molecule has 0 aromatic heterocycles. The zero-order chi connectivity index (χ0) is 8.53. The molecule has 0 aliphatic heterocycles. The highest BCUT2D eigenvalue weighted by molar-refractivity contribution is 5.76. The summed E-state index contributed by atoms with van der Waals surface area (Å²) in [6, 6.07) is 0. The predicted molar refractivity (Wildman–Crippen MR) is 44.2 cm³/mol. The van der Waals surface area contributed by atoms with Gasteiger partial charge in [-0.3, -0.25) is 4.79 Å². The summed E-state index contributed by atoms with van der Waals surface area (Å²) in [5.41, 5.74) is 0.417. The number of aldehydes is 2. The highest BCUT2D eigenvalue weighted by Gasteiger charge is 1.77. The van der Waals surface area contributed by atoms with E-state index in [-0.39, 0.29) is 0 Å². The second-order valence-corrected chi connectivity index (χ2v) is 1.88. The maximum Gasteiger partial charge on any atom is 0.149 e. The van der Waals surface area contributed by atoms with Crippen LogP contribution in [0.4, 0.5) is 0 Å². The van der Waals surface area contributed by atoms with Gasteiger partial charge in [0.25, 0.3) is 0 Å². The Balaban J connectivity index is 3.67.